The second-order valence-corrected chi connectivity index (χ2v) is 8.14. The summed E-state index contributed by atoms with van der Waals surface area (Å²) >= 11 is 0. The Morgan fingerprint density at radius 2 is 1.82 bits per heavy atom. The molecule has 1 heterocycles. The second-order valence-electron chi connectivity index (χ2n) is 8.14. The van der Waals surface area contributed by atoms with Crippen molar-refractivity contribution >= 4 is 17.0 Å². The lowest BCUT2D eigenvalue weighted by molar-refractivity contribution is -0.122. The Morgan fingerprint density at radius 1 is 1.12 bits per heavy atom. The molecule has 1 amide bonds. The van der Waals surface area contributed by atoms with Crippen molar-refractivity contribution in [2.45, 2.75) is 24.9 Å². The van der Waals surface area contributed by atoms with E-state index in [1.807, 2.05) is 36.4 Å². The number of rotatable bonds is 7. The number of nitrogens with one attached hydrogen (secondary N) is 1. The van der Waals surface area contributed by atoms with Gasteiger partial charge in [-0.05, 0) is 40.5 Å². The number of hydrogen-bond acceptors (Lipinski definition) is 6. The van der Waals surface area contributed by atoms with Crippen LogP contribution in [-0.2, 0) is 24.7 Å². The Bertz CT molecular complexity index is 1430. The fourth-order valence-corrected chi connectivity index (χ4v) is 3.80. The minimum absolute atomic E-state index is 0.0804. The van der Waals surface area contributed by atoms with E-state index < -0.39 is 23.7 Å². The molecule has 4 rings (SSSR count). The number of aryl methyl sites for hydroxylation is 1. The van der Waals surface area contributed by atoms with Gasteiger partial charge in [-0.15, -0.1) is 0 Å². The minimum Gasteiger partial charge on any atom is -0.508 e. The zero-order valence-electron chi connectivity index (χ0n) is 18.6. The van der Waals surface area contributed by atoms with Crippen LogP contribution in [0.15, 0.2) is 75.9 Å². The standard InChI is InChI=1S/C26H24N4O4/c1-30-22-14-18(10-11-24(22)34-26(30)33)17-8-6-16(7-9-17)12-20(15-27)29-25(32)21(28)13-19-4-2-3-5-23(19)31/h2-11,14,20-21,31H,12-13,28H2,1H3,(H,29,32)/t20-,21?/m0/s1. The number of nitriles is 1. The largest absolute Gasteiger partial charge is 0.508 e. The maximum absolute atomic E-state index is 12.5. The lowest BCUT2D eigenvalue weighted by atomic mass is 10.00. The number of nitrogens with zero attached hydrogens (tertiary/aromatic N) is 2. The second kappa shape index (κ2) is 9.65. The van der Waals surface area contributed by atoms with Crippen LogP contribution in [0.3, 0.4) is 0 Å². The molecule has 0 saturated heterocycles. The monoisotopic (exact) mass is 456 g/mol. The molecule has 1 aromatic heterocycles. The summed E-state index contributed by atoms with van der Waals surface area (Å²) in [5, 5.41) is 22.1. The topological polar surface area (TPSA) is 134 Å². The zero-order chi connectivity index (χ0) is 24.2. The van der Waals surface area contributed by atoms with Gasteiger partial charge in [-0.2, -0.15) is 5.26 Å². The Morgan fingerprint density at radius 3 is 2.53 bits per heavy atom. The van der Waals surface area contributed by atoms with Gasteiger partial charge < -0.3 is 20.6 Å². The van der Waals surface area contributed by atoms with Crippen LogP contribution in [0.5, 0.6) is 5.75 Å². The highest BCUT2D eigenvalue weighted by Gasteiger charge is 2.20. The number of fused-ring (bicyclic) bond motifs is 1. The van der Waals surface area contributed by atoms with E-state index in [0.29, 0.717) is 23.1 Å². The molecule has 0 spiro atoms. The molecule has 0 fully saturated rings. The van der Waals surface area contributed by atoms with Gasteiger partial charge in [-0.3, -0.25) is 9.36 Å². The number of amides is 1. The molecule has 4 aromatic rings. The number of aromatic hydroxyl groups is 1. The van der Waals surface area contributed by atoms with Crippen molar-refractivity contribution in [3.05, 3.63) is 88.4 Å². The van der Waals surface area contributed by atoms with E-state index in [9.17, 15) is 20.0 Å². The molecule has 0 saturated carbocycles. The van der Waals surface area contributed by atoms with Gasteiger partial charge in [0.15, 0.2) is 5.58 Å². The molecule has 4 N–H and O–H groups in total. The third-order valence-electron chi connectivity index (χ3n) is 5.76. The lowest BCUT2D eigenvalue weighted by Gasteiger charge is -2.16. The van der Waals surface area contributed by atoms with Crippen LogP contribution in [-0.4, -0.2) is 27.7 Å². The quantitative estimate of drug-likeness (QED) is 0.391. The first-order valence-corrected chi connectivity index (χ1v) is 10.8. The van der Waals surface area contributed by atoms with E-state index in [1.54, 1.807) is 31.3 Å². The van der Waals surface area contributed by atoms with E-state index in [4.69, 9.17) is 10.2 Å². The van der Waals surface area contributed by atoms with Gasteiger partial charge in [0.1, 0.15) is 11.8 Å². The molecule has 8 nitrogen and oxygen atoms in total. The fraction of sp³-hybridized carbons (Fsp3) is 0.192. The Hall–Kier alpha value is -4.35. The van der Waals surface area contributed by atoms with Crippen molar-refractivity contribution in [1.82, 2.24) is 9.88 Å². The Balaban J connectivity index is 1.41. The number of phenolic OH excluding ortho intramolecular Hbond substituents is 1. The average Bonchev–Trinajstić information content (AvgIpc) is 3.13. The normalized spacial score (nSPS) is 12.7. The molecule has 8 heteroatoms. The number of nitrogens with two attached hydrogens (primary N) is 1. The molecule has 172 valence electrons. The van der Waals surface area contributed by atoms with Crippen molar-refractivity contribution in [3.63, 3.8) is 0 Å². The first kappa shape index (κ1) is 22.8. The lowest BCUT2D eigenvalue weighted by Crippen LogP contribution is -2.46. The van der Waals surface area contributed by atoms with Crippen molar-refractivity contribution < 1.29 is 14.3 Å². The molecule has 3 aromatic carbocycles. The summed E-state index contributed by atoms with van der Waals surface area (Å²) in [6.07, 6.45) is 0.485. The summed E-state index contributed by atoms with van der Waals surface area (Å²) in [7, 11) is 1.66. The summed E-state index contributed by atoms with van der Waals surface area (Å²) in [4.78, 5) is 24.2. The van der Waals surface area contributed by atoms with Crippen molar-refractivity contribution in [3.8, 4) is 22.9 Å². The van der Waals surface area contributed by atoms with E-state index in [0.717, 1.165) is 16.7 Å². The molecule has 0 radical (unpaired) electrons. The van der Waals surface area contributed by atoms with Gasteiger partial charge in [0.25, 0.3) is 0 Å². The number of carbonyl (C=O) groups excluding carboxylic acids is 1. The molecule has 1 unspecified atom stereocenters. The summed E-state index contributed by atoms with van der Waals surface area (Å²) in [5.41, 5.74) is 10.5. The average molecular weight is 457 g/mol. The van der Waals surface area contributed by atoms with Crippen LogP contribution in [0.4, 0.5) is 0 Å². The van der Waals surface area contributed by atoms with E-state index in [1.165, 1.54) is 10.6 Å². The van der Waals surface area contributed by atoms with Crippen LogP contribution in [0.1, 0.15) is 11.1 Å². The van der Waals surface area contributed by atoms with Gasteiger partial charge >= 0.3 is 5.76 Å². The number of carbonyl (C=O) groups is 1. The molecular weight excluding hydrogens is 432 g/mol. The first-order chi connectivity index (χ1) is 16.4. The Labute approximate surface area is 195 Å². The predicted molar refractivity (Wildman–Crippen MR) is 128 cm³/mol. The SMILES string of the molecule is Cn1c(=O)oc2ccc(-c3ccc(C[C@@H](C#N)NC(=O)C(N)Cc4ccccc4O)cc3)cc21. The molecule has 0 bridgehead atoms. The first-order valence-electron chi connectivity index (χ1n) is 10.8. The third-order valence-corrected chi connectivity index (χ3v) is 5.76. The minimum atomic E-state index is -0.889. The summed E-state index contributed by atoms with van der Waals surface area (Å²) in [6.45, 7) is 0. The van der Waals surface area contributed by atoms with Gasteiger partial charge in [0, 0.05) is 19.9 Å². The highest BCUT2D eigenvalue weighted by atomic mass is 16.4. The molecular formula is C26H24N4O4. The molecule has 0 aliphatic carbocycles. The maximum Gasteiger partial charge on any atom is 0.419 e. The fourth-order valence-electron chi connectivity index (χ4n) is 3.80. The molecule has 34 heavy (non-hydrogen) atoms. The smallest absolute Gasteiger partial charge is 0.419 e. The highest BCUT2D eigenvalue weighted by Crippen LogP contribution is 2.24. The van der Waals surface area contributed by atoms with Gasteiger partial charge in [-0.1, -0.05) is 48.5 Å². The molecule has 2 atom stereocenters. The zero-order valence-corrected chi connectivity index (χ0v) is 18.6. The van der Waals surface area contributed by atoms with Crippen molar-refractivity contribution in [2.24, 2.45) is 12.8 Å². The van der Waals surface area contributed by atoms with E-state index in [-0.39, 0.29) is 12.2 Å². The third kappa shape index (κ3) is 4.85. The Kier molecular flexibility index (Phi) is 6.48. The number of hydrogen-bond donors (Lipinski definition) is 3. The summed E-state index contributed by atoms with van der Waals surface area (Å²) in [5.74, 6) is -0.783. The van der Waals surface area contributed by atoms with Crippen LogP contribution < -0.4 is 16.8 Å². The van der Waals surface area contributed by atoms with Gasteiger partial charge in [-0.25, -0.2) is 4.79 Å². The number of oxazole rings is 1. The number of benzene rings is 3. The van der Waals surface area contributed by atoms with Crippen LogP contribution >= 0.6 is 0 Å². The van der Waals surface area contributed by atoms with Crippen molar-refractivity contribution in [1.29, 1.82) is 5.26 Å². The van der Waals surface area contributed by atoms with E-state index >= 15 is 0 Å². The summed E-state index contributed by atoms with van der Waals surface area (Å²) < 4.78 is 6.63. The number of para-hydroxylation sites is 1. The number of phenols is 1. The molecule has 0 aliphatic heterocycles. The van der Waals surface area contributed by atoms with Crippen molar-refractivity contribution in [2.75, 3.05) is 0 Å². The molecule has 0 aliphatic rings. The maximum atomic E-state index is 12.5. The van der Waals surface area contributed by atoms with Crippen LogP contribution in [0.25, 0.3) is 22.2 Å². The highest BCUT2D eigenvalue weighted by molar-refractivity contribution is 5.82. The van der Waals surface area contributed by atoms with Gasteiger partial charge in [0.05, 0.1) is 17.6 Å². The van der Waals surface area contributed by atoms with Gasteiger partial charge in [0.2, 0.25) is 5.91 Å². The van der Waals surface area contributed by atoms with Crippen LogP contribution in [0.2, 0.25) is 0 Å². The van der Waals surface area contributed by atoms with E-state index in [2.05, 4.69) is 11.4 Å². The summed E-state index contributed by atoms with van der Waals surface area (Å²) in [6, 6.07) is 20.3. The predicted octanol–water partition coefficient (Wildman–Crippen LogP) is 2.62. The number of aromatic nitrogens is 1. The van der Waals surface area contributed by atoms with Crippen LogP contribution in [0, 0.1) is 11.3 Å².